The maximum Gasteiger partial charge on any atom is 4.00 e. The van der Waals surface area contributed by atoms with Gasteiger partial charge in [0.1, 0.15) is 0 Å². The first-order valence-electron chi connectivity index (χ1n) is 6.76. The molecule has 0 aromatic rings. The van der Waals surface area contributed by atoms with E-state index in [-0.39, 0.29) is 50.7 Å². The molecule has 0 amide bonds. The van der Waals surface area contributed by atoms with Crippen molar-refractivity contribution in [2.75, 3.05) is 0 Å². The SMILES string of the molecule is C[Si](C)(C)C1=CC[C-]=C1.C[Si](C)(C)C1=CC[C-]=C1.[Cl-].[Cl-].[Hf+4]. The molecule has 2 aliphatic carbocycles. The van der Waals surface area contributed by atoms with Crippen molar-refractivity contribution in [3.05, 3.63) is 46.8 Å². The van der Waals surface area contributed by atoms with Gasteiger partial charge in [0.05, 0.1) is 0 Å². The van der Waals surface area contributed by atoms with E-state index < -0.39 is 16.1 Å². The molecule has 2 rings (SSSR count). The van der Waals surface area contributed by atoms with Gasteiger partial charge < -0.3 is 24.8 Å². The fourth-order valence-electron chi connectivity index (χ4n) is 1.84. The maximum absolute atomic E-state index is 3.20. The summed E-state index contributed by atoms with van der Waals surface area (Å²) < 4.78 is 0. The average Bonchev–Trinajstić information content (AvgIpc) is 2.91. The Labute approximate surface area is 164 Å². The molecule has 0 saturated carbocycles. The second-order valence-electron chi connectivity index (χ2n) is 6.92. The van der Waals surface area contributed by atoms with E-state index in [4.69, 9.17) is 0 Å². The Bertz CT molecular complexity index is 371. The van der Waals surface area contributed by atoms with Crippen molar-refractivity contribution in [3.8, 4) is 0 Å². The molecule has 0 spiro atoms. The third-order valence-electron chi connectivity index (χ3n) is 3.13. The van der Waals surface area contributed by atoms with Crippen molar-refractivity contribution in [1.29, 1.82) is 0 Å². The van der Waals surface area contributed by atoms with Crippen LogP contribution in [0, 0.1) is 12.2 Å². The molecule has 116 valence electrons. The number of hydrogen-bond donors (Lipinski definition) is 0. The molecule has 21 heavy (non-hydrogen) atoms. The van der Waals surface area contributed by atoms with Gasteiger partial charge in [0.2, 0.25) is 0 Å². The van der Waals surface area contributed by atoms with Gasteiger partial charge >= 0.3 is 25.8 Å². The summed E-state index contributed by atoms with van der Waals surface area (Å²) in [4.78, 5) is 0. The molecule has 0 N–H and O–H groups in total. The van der Waals surface area contributed by atoms with E-state index in [1.165, 1.54) is 0 Å². The third kappa shape index (κ3) is 10.3. The Kier molecular flexibility index (Phi) is 14.5. The zero-order valence-corrected chi connectivity index (χ0v) is 21.1. The van der Waals surface area contributed by atoms with E-state index >= 15 is 0 Å². The van der Waals surface area contributed by atoms with Gasteiger partial charge in [-0.1, -0.05) is 39.3 Å². The Morgan fingerprint density at radius 3 is 1.10 bits per heavy atom. The normalized spacial score (nSPS) is 15.7. The number of halogens is 2. The summed E-state index contributed by atoms with van der Waals surface area (Å²) >= 11 is 0. The molecule has 0 aliphatic heterocycles. The first kappa shape index (κ1) is 26.7. The molecular formula is C16H26Cl2HfSi2. The van der Waals surface area contributed by atoms with Crippen molar-refractivity contribution in [3.63, 3.8) is 0 Å². The van der Waals surface area contributed by atoms with E-state index in [0.29, 0.717) is 0 Å². The second kappa shape index (κ2) is 11.4. The van der Waals surface area contributed by atoms with E-state index in [1.54, 1.807) is 10.4 Å². The van der Waals surface area contributed by atoms with Gasteiger partial charge in [0, 0.05) is 0 Å². The minimum atomic E-state index is -0.981. The maximum atomic E-state index is 3.20. The van der Waals surface area contributed by atoms with Gasteiger partial charge in [-0.25, -0.2) is 22.5 Å². The van der Waals surface area contributed by atoms with Gasteiger partial charge in [-0.3, -0.25) is 12.2 Å². The van der Waals surface area contributed by atoms with Gasteiger partial charge in [-0.05, 0) is 16.1 Å². The largest absolute Gasteiger partial charge is 4.00 e. The molecule has 0 aromatic heterocycles. The molecule has 0 atom stereocenters. The summed E-state index contributed by atoms with van der Waals surface area (Å²) in [6.45, 7) is 14.2. The molecule has 0 heterocycles. The Hall–Kier alpha value is 0.844. The first-order valence-corrected chi connectivity index (χ1v) is 13.8. The minimum Gasteiger partial charge on any atom is -1.00 e. The predicted octanol–water partition coefficient (Wildman–Crippen LogP) is -0.888. The van der Waals surface area contributed by atoms with Crippen molar-refractivity contribution in [1.82, 2.24) is 0 Å². The summed E-state index contributed by atoms with van der Waals surface area (Å²) in [6.07, 6.45) is 17.4. The summed E-state index contributed by atoms with van der Waals surface area (Å²) in [5, 5.41) is 3.12. The Balaban J connectivity index is -0.000000270. The molecule has 0 radical (unpaired) electrons. The van der Waals surface area contributed by atoms with E-state index in [1.807, 2.05) is 0 Å². The van der Waals surface area contributed by atoms with E-state index in [2.05, 4.69) is 75.7 Å². The van der Waals surface area contributed by atoms with Crippen LogP contribution in [-0.2, 0) is 25.8 Å². The summed E-state index contributed by atoms with van der Waals surface area (Å²) in [5.41, 5.74) is 0. The van der Waals surface area contributed by atoms with Crippen LogP contribution in [-0.4, -0.2) is 16.1 Å². The molecule has 0 aromatic carbocycles. The zero-order valence-electron chi connectivity index (χ0n) is 14.0. The quantitative estimate of drug-likeness (QED) is 0.326. The molecule has 0 saturated heterocycles. The fraction of sp³-hybridized carbons (Fsp3) is 0.500. The van der Waals surface area contributed by atoms with Crippen LogP contribution >= 0.6 is 0 Å². The van der Waals surface area contributed by atoms with Crippen LogP contribution < -0.4 is 24.8 Å². The fourth-order valence-corrected chi connectivity index (χ4v) is 4.34. The smallest absolute Gasteiger partial charge is 1.00 e. The average molecular weight is 524 g/mol. The summed E-state index contributed by atoms with van der Waals surface area (Å²) in [5.74, 6) is 0. The predicted molar refractivity (Wildman–Crippen MR) is 87.7 cm³/mol. The minimum absolute atomic E-state index is 0. The van der Waals surface area contributed by atoms with Crippen LogP contribution in [0.25, 0.3) is 0 Å². The molecular weight excluding hydrogens is 498 g/mol. The molecule has 2 aliphatic rings. The van der Waals surface area contributed by atoms with Gasteiger partial charge in [-0.15, -0.1) is 12.8 Å². The Morgan fingerprint density at radius 1 is 0.714 bits per heavy atom. The van der Waals surface area contributed by atoms with Gasteiger partial charge in [0.25, 0.3) is 0 Å². The van der Waals surface area contributed by atoms with Crippen molar-refractivity contribution in [2.45, 2.75) is 52.1 Å². The molecule has 0 bridgehead atoms. The summed E-state index contributed by atoms with van der Waals surface area (Å²) in [6, 6.07) is 0. The van der Waals surface area contributed by atoms with Gasteiger partial charge in [0.15, 0.2) is 0 Å². The molecule has 0 unspecified atom stereocenters. The topological polar surface area (TPSA) is 0 Å². The number of allylic oxidation sites excluding steroid dienone is 8. The number of hydrogen-bond acceptors (Lipinski definition) is 0. The van der Waals surface area contributed by atoms with E-state index in [9.17, 15) is 0 Å². The monoisotopic (exact) mass is 524 g/mol. The van der Waals surface area contributed by atoms with E-state index in [0.717, 1.165) is 12.8 Å². The van der Waals surface area contributed by atoms with Crippen molar-refractivity contribution < 1.29 is 50.7 Å². The Morgan fingerprint density at radius 2 is 1.00 bits per heavy atom. The zero-order chi connectivity index (χ0) is 13.8. The van der Waals surface area contributed by atoms with Gasteiger partial charge in [-0.2, -0.15) is 12.2 Å². The van der Waals surface area contributed by atoms with Crippen LogP contribution in [0.15, 0.2) is 34.7 Å². The van der Waals surface area contributed by atoms with Crippen LogP contribution in [0.2, 0.25) is 39.3 Å². The first-order chi connectivity index (χ1) is 8.21. The van der Waals surface area contributed by atoms with Crippen molar-refractivity contribution >= 4 is 16.1 Å². The van der Waals surface area contributed by atoms with Crippen LogP contribution in [0.3, 0.4) is 0 Å². The van der Waals surface area contributed by atoms with Crippen molar-refractivity contribution in [2.24, 2.45) is 0 Å². The standard InChI is InChI=1S/2C8H13Si.2ClH.Hf/c2*1-9(2,3)8-6-4-5-7-8;;;/h2*6-7H,4H2,1-3H3;2*1H;/q2*-1;;;+4/p-2. The summed E-state index contributed by atoms with van der Waals surface area (Å²) in [7, 11) is -1.96. The number of rotatable bonds is 2. The third-order valence-corrected chi connectivity index (χ3v) is 7.29. The van der Waals surface area contributed by atoms with Crippen LogP contribution in [0.4, 0.5) is 0 Å². The molecule has 0 nitrogen and oxygen atoms in total. The van der Waals surface area contributed by atoms with Crippen LogP contribution in [0.1, 0.15) is 12.8 Å². The second-order valence-corrected chi connectivity index (χ2v) is 17.1. The molecule has 0 fully saturated rings. The van der Waals surface area contributed by atoms with Crippen LogP contribution in [0.5, 0.6) is 0 Å². The molecule has 5 heteroatoms.